The molecular formula is C92H117N10NaO31. The van der Waals surface area contributed by atoms with E-state index in [1.54, 1.807) is 10.8 Å². The zero-order valence-electron chi connectivity index (χ0n) is 75.9. The first-order chi connectivity index (χ1) is 64.4. The van der Waals surface area contributed by atoms with Gasteiger partial charge in [-0.1, -0.05) is 165 Å². The number of nitrogens with one attached hydrogen (secondary N) is 4. The topological polar surface area (TPSA) is 501 Å². The number of hydrogen-bond donors (Lipinski definition) is 8. The molecule has 42 heteroatoms. The van der Waals surface area contributed by atoms with Crippen molar-refractivity contribution in [3.05, 3.63) is 312 Å². The van der Waals surface area contributed by atoms with Crippen LogP contribution in [0.2, 0.25) is 0 Å². The largest absolute Gasteiger partial charge is 1.00 e. The number of aromatic nitrogens is 10. The van der Waals surface area contributed by atoms with Gasteiger partial charge in [0, 0.05) is 120 Å². The molecule has 3 spiro atoms. The molecule has 722 valence electrons. The van der Waals surface area contributed by atoms with E-state index in [0.717, 1.165) is 22.3 Å². The number of nitrogens with zero attached hydrogens (tertiary/aromatic N) is 6. The maximum absolute atomic E-state index is 12.2. The molecule has 0 radical (unpaired) electrons. The van der Waals surface area contributed by atoms with Gasteiger partial charge in [-0.25, -0.2) is 19.2 Å². The number of benzene rings is 4. The number of hydrogen-bond acceptors (Lipinski definition) is 32. The molecule has 27 atom stereocenters. The molecule has 27 rings (SSSR count). The van der Waals surface area contributed by atoms with E-state index in [4.69, 9.17) is 91.0 Å². The minimum Gasteiger partial charge on any atom is -1.00 e. The average molecular weight is 1890 g/mol. The zero-order valence-corrected chi connectivity index (χ0v) is 72.9. The second-order valence-electron chi connectivity index (χ2n) is 33.1. The van der Waals surface area contributed by atoms with Gasteiger partial charge < -0.3 is 107 Å². The summed E-state index contributed by atoms with van der Waals surface area (Å²) in [4.78, 5) is 118. The van der Waals surface area contributed by atoms with E-state index in [-0.39, 0.29) is 155 Å². The molecule has 0 unspecified atom stereocenters. The molecule has 8 bridgehead atoms. The van der Waals surface area contributed by atoms with E-state index in [1.165, 1.54) is 80.5 Å². The normalized spacial score (nSPS) is 35.2. The van der Waals surface area contributed by atoms with E-state index in [0.29, 0.717) is 39.3 Å². The van der Waals surface area contributed by atoms with Gasteiger partial charge in [0.25, 0.3) is 27.8 Å². The third kappa shape index (κ3) is 19.8. The molecule has 0 amide bonds. The van der Waals surface area contributed by atoms with E-state index in [2.05, 4.69) is 43.2 Å². The molecule has 4 aromatic carbocycles. The molecule has 18 aliphatic heterocycles. The second-order valence-corrected chi connectivity index (χ2v) is 33.1. The zero-order chi connectivity index (χ0) is 93.8. The van der Waals surface area contributed by atoms with Crippen molar-refractivity contribution in [3.63, 3.8) is 0 Å². The smallest absolute Gasteiger partial charge is 1.00 e. The first-order valence-corrected chi connectivity index (χ1v) is 41.8. The first-order valence-electron chi connectivity index (χ1n) is 43.9. The number of H-pyrrole nitrogens is 4. The minimum absolute atomic E-state index is 0. The van der Waals surface area contributed by atoms with Gasteiger partial charge >= 0.3 is 58.3 Å². The van der Waals surface area contributed by atoms with Gasteiger partial charge in [0.15, 0.2) is 62.4 Å². The third-order valence-electron chi connectivity index (χ3n) is 25.1. The average Bonchev–Trinajstić information content (AvgIpc) is 1.70. The number of aliphatic hydroxyl groups is 4. The van der Waals surface area contributed by atoms with Crippen molar-refractivity contribution < 1.29 is 141 Å². The summed E-state index contributed by atoms with van der Waals surface area (Å²) in [6, 6.07) is 45.2. The van der Waals surface area contributed by atoms with Crippen LogP contribution < -0.4 is 84.8 Å². The van der Waals surface area contributed by atoms with Crippen LogP contribution in [0.5, 0.6) is 6.01 Å². The Labute approximate surface area is 796 Å². The van der Waals surface area contributed by atoms with Crippen molar-refractivity contribution in [3.8, 4) is 6.01 Å². The number of aliphatic hydroxyl groups excluding tert-OH is 4. The van der Waals surface area contributed by atoms with Crippen molar-refractivity contribution in [2.24, 2.45) is 11.8 Å². The maximum Gasteiger partial charge on any atom is 1.00 e. The summed E-state index contributed by atoms with van der Waals surface area (Å²) >= 11 is 0. The SMILES string of the molecule is C.C.C.C.C=C.C[C@@H]1[C@@H]2Oc3nc(=O)ccn3[C@@H]2O[C@]2(CO)CO[C@@H](c3ccccc3)O[C@@H]12.C[C@@H]1[C@H]2OC[C@]3(CO[C@@H](c4ccccc4)O[C@@H]13)O[C@H]2n1ccc(=O)[nH]c1=O.O=c1ccn([C@@H]2O[C@]34CO[C@@H](c5ccccc5)O[C@H]3C[C@H]2OC4)c(=O)[nH]1.O=c1ccn([C@@H]2O[C@]34CO[C@@H](c5ccccc5)O[C@H]3[C@H](O)[C@H]2OC4)c(=O)[nH]1.[2H]C[C@]12CO[C@H](C[C@@H]1O)[C@H](n1ccc(=O)[nH]c1=O)O2.[2H][2H].[3H]OC.[H-].[Na+]. The Morgan fingerprint density at radius 2 is 0.821 bits per heavy atom. The molecule has 41 nitrogen and oxygen atoms in total. The molecule has 9 aromatic rings. The molecule has 0 saturated carbocycles. The van der Waals surface area contributed by atoms with Gasteiger partial charge in [-0.3, -0.25) is 66.7 Å². The molecule has 0 aliphatic carbocycles. The second kappa shape index (κ2) is 42.8. The Hall–Kier alpha value is -9.82. The molecule has 134 heavy (non-hydrogen) atoms. The number of ether oxygens (including phenoxy) is 18. The fraction of sp³-hybridized carbons (Fsp3) is 0.500. The fourth-order valence-corrected chi connectivity index (χ4v) is 18.6. The van der Waals surface area contributed by atoms with E-state index in [1.807, 2.05) is 135 Å². The first kappa shape index (κ1) is 98.7. The van der Waals surface area contributed by atoms with Crippen molar-refractivity contribution >= 4 is 0 Å². The Balaban J connectivity index is 0.000000175. The van der Waals surface area contributed by atoms with E-state index < -0.39 is 166 Å². The summed E-state index contributed by atoms with van der Waals surface area (Å²) < 4.78 is 138. The molecule has 5 aromatic heterocycles. The Kier molecular flexibility index (Phi) is 31.5. The Morgan fingerprint density at radius 3 is 1.29 bits per heavy atom. The van der Waals surface area contributed by atoms with E-state index >= 15 is 0 Å². The van der Waals surface area contributed by atoms with E-state index in [9.17, 15) is 58.5 Å². The summed E-state index contributed by atoms with van der Waals surface area (Å²) in [5.74, 6) is -0.144. The summed E-state index contributed by atoms with van der Waals surface area (Å²) in [7, 11) is 1.29. The summed E-state index contributed by atoms with van der Waals surface area (Å²) in [5, 5.41) is 34.5. The number of aromatic amines is 4. The maximum atomic E-state index is 12.2. The quantitative estimate of drug-likeness (QED) is 0.0752. The Bertz CT molecular complexity index is 5930. The predicted molar refractivity (Wildman–Crippen MR) is 473 cm³/mol. The van der Waals surface area contributed by atoms with Gasteiger partial charge in [0.2, 0.25) is 1.43 Å². The molecule has 8 N–H and O–H groups in total. The molecule has 17 fully saturated rings. The standard InChI is InChI=1S/2C19H20N2O6.C18H18N2O7.C18H18N2O6.C11H14N2O5.C2H4.CH4O.4CH4.Na.H2.H/c1-11-14-16(21-8-7-13(22)20-18(21)23)27-19(9-24-14)10-25-17(26-15(11)19)12-5-3-2-4-6-12;1-11-14-16(21-8-7-13(23)20-18(21)25-14)27-19(9-22)10-24-17(26-15(11)19)12-5-3-2-4-6-12;21-11-6-7-20(17(23)19-11)15-13-12(22)14-18(27-15,8-24-13)9-25-16(26-14)10-4-2-1-3-5-10;21-14-6-7-20(17(22)19-14)15-12-8-13-18(26-15,9-23-12)10-24-16(25-13)11-4-2-1-3-5-11;1-11-5-17-6(4-7(11)14)9(18-11)13-3-2-8(15)12-10(13)16;2*1-2;;;;;;;/h2-8,11,14-17H,9-10H2,1H3,(H,20,22,23);2-8,11,14-17,22H,9-10H2,1H3;1-7,12-16,22H,8-9H2,(H,19,21,23);1-7,12-13,15-16H,8-10H2,(H,19,21,22);2-3,6-7,9,14H,4-5H2,1H3,(H,12,15,16);1-2H2;2H,1H3;4*1H4;;1H;/q;;;;;;;;;;;+1;;-1/t11-,14-,15+,16-,17-,19-;11-,14+,15+,16-,17-,19-;12-,13-,14+,15-,16-,18-;12-,13+,15-,16-,18-;6-,7+,9-,11+;;;;;;;;;/m11111........./s1/i;;;;1D;;2T;;;;;;1+1D;. The van der Waals surface area contributed by atoms with Gasteiger partial charge in [-0.05, 0) is 6.90 Å². The predicted octanol–water partition coefficient (Wildman–Crippen LogP) is 1.64. The van der Waals surface area contributed by atoms with Gasteiger partial charge in [-0.2, -0.15) is 4.98 Å². The van der Waals surface area contributed by atoms with Gasteiger partial charge in [0.1, 0.15) is 70.7 Å². The summed E-state index contributed by atoms with van der Waals surface area (Å²) in [6.07, 6.45) is -3.10. The molecule has 23 heterocycles. The van der Waals surface area contributed by atoms with Crippen molar-refractivity contribution in [1.29, 1.82) is 1.43 Å². The molecule has 18 aliphatic rings. The van der Waals surface area contributed by atoms with Crippen LogP contribution >= 0.6 is 0 Å². The van der Waals surface area contributed by atoms with Crippen LogP contribution in [0.4, 0.5) is 0 Å². The molecule has 17 saturated heterocycles. The van der Waals surface area contributed by atoms with Crippen LogP contribution in [-0.4, -0.2) is 231 Å². The monoisotopic (exact) mass is 1890 g/mol. The minimum atomic E-state index is -1.10. The van der Waals surface area contributed by atoms with Gasteiger partial charge in [-0.15, -0.1) is 13.2 Å². The van der Waals surface area contributed by atoms with Crippen molar-refractivity contribution in [2.75, 3.05) is 66.6 Å². The van der Waals surface area contributed by atoms with Crippen LogP contribution in [-0.2, 0) is 80.5 Å². The third-order valence-corrected chi connectivity index (χ3v) is 25.1. The van der Waals surface area contributed by atoms with Crippen LogP contribution in [0.3, 0.4) is 0 Å². The summed E-state index contributed by atoms with van der Waals surface area (Å²) in [5.41, 5.74) is -5.59. The van der Waals surface area contributed by atoms with Gasteiger partial charge in [0.05, 0.1) is 77.8 Å². The van der Waals surface area contributed by atoms with Crippen molar-refractivity contribution in [1.82, 2.24) is 47.8 Å². The van der Waals surface area contributed by atoms with Crippen LogP contribution in [0.15, 0.2) is 239 Å². The fourth-order valence-electron chi connectivity index (χ4n) is 18.6. The Morgan fingerprint density at radius 1 is 0.455 bits per heavy atom. The molecular weight excluding hydrogens is 1760 g/mol. The van der Waals surface area contributed by atoms with Crippen LogP contribution in [0.25, 0.3) is 0 Å². The number of fused-ring (bicyclic) bond motifs is 13. The van der Waals surface area contributed by atoms with Crippen molar-refractivity contribution in [2.45, 2.75) is 215 Å². The summed E-state index contributed by atoms with van der Waals surface area (Å²) in [6.45, 7) is 11.5. The number of rotatable bonds is 9. The van der Waals surface area contributed by atoms with Crippen LogP contribution in [0, 0.1) is 11.8 Å². The van der Waals surface area contributed by atoms with Crippen LogP contribution in [0.1, 0.15) is 148 Å².